The van der Waals surface area contributed by atoms with Crippen molar-refractivity contribution in [3.8, 4) is 0 Å². The summed E-state index contributed by atoms with van der Waals surface area (Å²) >= 11 is 5.92. The van der Waals surface area contributed by atoms with E-state index in [-0.39, 0.29) is 25.7 Å². The summed E-state index contributed by atoms with van der Waals surface area (Å²) in [6, 6.07) is 6.41. The number of hydrogen-bond acceptors (Lipinski definition) is 5. The molecular weight excluding hydrogens is 463 g/mol. The first kappa shape index (κ1) is 23.8. The number of halogens is 4. The van der Waals surface area contributed by atoms with Crippen LogP contribution < -0.4 is 5.32 Å². The zero-order chi connectivity index (χ0) is 24.0. The third-order valence-corrected chi connectivity index (χ3v) is 7.10. The van der Waals surface area contributed by atoms with Crippen molar-refractivity contribution in [1.29, 1.82) is 0 Å². The third-order valence-electron chi connectivity index (χ3n) is 6.85. The molecule has 0 aromatic heterocycles. The number of carbonyl (C=O) groups excluding carboxylic acids is 3. The number of ether oxygens (including phenoxy) is 1. The van der Waals surface area contributed by atoms with E-state index in [9.17, 15) is 27.6 Å². The Morgan fingerprint density at radius 2 is 1.82 bits per heavy atom. The Hall–Kier alpha value is -2.33. The van der Waals surface area contributed by atoms with Crippen LogP contribution in [-0.2, 0) is 25.7 Å². The van der Waals surface area contributed by atoms with Crippen LogP contribution in [0.25, 0.3) is 0 Å². The lowest BCUT2D eigenvalue weighted by Gasteiger charge is -2.58. The maximum atomic E-state index is 13.8. The first-order valence-electron chi connectivity index (χ1n) is 10.9. The van der Waals surface area contributed by atoms with Gasteiger partial charge in [-0.25, -0.2) is 4.79 Å². The first-order chi connectivity index (χ1) is 15.5. The van der Waals surface area contributed by atoms with Crippen molar-refractivity contribution in [2.24, 2.45) is 5.92 Å². The predicted octanol–water partition coefficient (Wildman–Crippen LogP) is 2.86. The van der Waals surface area contributed by atoms with Crippen molar-refractivity contribution in [3.63, 3.8) is 0 Å². The summed E-state index contributed by atoms with van der Waals surface area (Å²) in [6.45, 7) is 1.82. The molecule has 3 aliphatic rings. The molecule has 4 rings (SSSR count). The average Bonchev–Trinajstić information content (AvgIpc) is 2.75. The number of hydrogen-bond donors (Lipinski definition) is 1. The highest BCUT2D eigenvalue weighted by molar-refractivity contribution is 6.30. The van der Waals surface area contributed by atoms with Crippen molar-refractivity contribution >= 4 is 29.4 Å². The van der Waals surface area contributed by atoms with Crippen LogP contribution in [0.3, 0.4) is 0 Å². The predicted molar refractivity (Wildman–Crippen MR) is 112 cm³/mol. The van der Waals surface area contributed by atoms with Gasteiger partial charge in [-0.3, -0.25) is 14.9 Å². The van der Waals surface area contributed by atoms with E-state index in [0.717, 1.165) is 12.8 Å². The lowest BCUT2D eigenvalue weighted by molar-refractivity contribution is -0.229. The number of carbonyl (C=O) groups is 3. The van der Waals surface area contributed by atoms with E-state index >= 15 is 0 Å². The molecule has 1 saturated carbocycles. The van der Waals surface area contributed by atoms with Gasteiger partial charge in [0.2, 0.25) is 5.91 Å². The highest BCUT2D eigenvalue weighted by Gasteiger charge is 2.66. The fourth-order valence-corrected chi connectivity index (χ4v) is 4.98. The molecule has 2 unspecified atom stereocenters. The Morgan fingerprint density at radius 1 is 1.18 bits per heavy atom. The van der Waals surface area contributed by atoms with Gasteiger partial charge in [0.1, 0.15) is 6.54 Å². The number of rotatable bonds is 4. The fraction of sp³-hybridized carbons (Fsp3) is 0.591. The average molecular weight is 488 g/mol. The van der Waals surface area contributed by atoms with E-state index in [0.29, 0.717) is 29.3 Å². The van der Waals surface area contributed by atoms with Crippen LogP contribution in [0.1, 0.15) is 38.2 Å². The maximum Gasteiger partial charge on any atom is 0.490 e. The van der Waals surface area contributed by atoms with E-state index in [1.165, 1.54) is 9.80 Å². The van der Waals surface area contributed by atoms with Gasteiger partial charge in [0.05, 0.1) is 0 Å². The normalized spacial score (nSPS) is 30.4. The van der Waals surface area contributed by atoms with Crippen molar-refractivity contribution in [2.45, 2.75) is 63.1 Å². The highest BCUT2D eigenvalue weighted by Crippen LogP contribution is 2.39. The molecule has 2 atom stereocenters. The lowest BCUT2D eigenvalue weighted by Crippen LogP contribution is -2.85. The van der Waals surface area contributed by atoms with Crippen LogP contribution in [0.5, 0.6) is 0 Å². The smallest absolute Gasteiger partial charge is 0.437 e. The minimum Gasteiger partial charge on any atom is -0.437 e. The van der Waals surface area contributed by atoms with Gasteiger partial charge in [-0.15, -0.1) is 0 Å². The Labute approximate surface area is 194 Å². The van der Waals surface area contributed by atoms with Gasteiger partial charge in [0, 0.05) is 24.2 Å². The summed E-state index contributed by atoms with van der Waals surface area (Å²) in [6.07, 6.45) is -3.59. The molecule has 2 aliphatic heterocycles. The second-order valence-electron chi connectivity index (χ2n) is 9.04. The second-order valence-corrected chi connectivity index (χ2v) is 9.48. The van der Waals surface area contributed by atoms with E-state index in [2.05, 4.69) is 17.0 Å². The third kappa shape index (κ3) is 4.42. The van der Waals surface area contributed by atoms with Crippen LogP contribution >= 0.6 is 11.6 Å². The number of esters is 1. The SMILES string of the molecule is CC1CCC(N2CC(=O)N(Cc3ccc(Cl)cc3)C3(CNC3OC(=O)C(F)(F)F)C2=O)CC1. The molecule has 2 saturated heterocycles. The Bertz CT molecular complexity index is 934. The second kappa shape index (κ2) is 8.79. The van der Waals surface area contributed by atoms with Crippen LogP contribution in [0.4, 0.5) is 13.2 Å². The maximum absolute atomic E-state index is 13.8. The summed E-state index contributed by atoms with van der Waals surface area (Å²) in [7, 11) is 0. The van der Waals surface area contributed by atoms with Gasteiger partial charge in [0.25, 0.3) is 5.91 Å². The highest BCUT2D eigenvalue weighted by atomic mass is 35.5. The van der Waals surface area contributed by atoms with Gasteiger partial charge in [-0.2, -0.15) is 13.2 Å². The van der Waals surface area contributed by atoms with Gasteiger partial charge in [-0.05, 0) is 49.3 Å². The van der Waals surface area contributed by atoms with Gasteiger partial charge in [0.15, 0.2) is 11.8 Å². The molecule has 1 aromatic rings. The van der Waals surface area contributed by atoms with Crippen LogP contribution in [0.15, 0.2) is 24.3 Å². The summed E-state index contributed by atoms with van der Waals surface area (Å²) in [5.74, 6) is -2.79. The number of piperazine rings is 1. The van der Waals surface area contributed by atoms with Crippen LogP contribution in [-0.4, -0.2) is 64.7 Å². The van der Waals surface area contributed by atoms with Crippen molar-refractivity contribution in [3.05, 3.63) is 34.9 Å². The van der Waals surface area contributed by atoms with Crippen molar-refractivity contribution in [1.82, 2.24) is 15.1 Å². The number of nitrogens with one attached hydrogen (secondary N) is 1. The van der Waals surface area contributed by atoms with Gasteiger partial charge < -0.3 is 14.5 Å². The molecule has 2 amide bonds. The standard InChI is InChI=1S/C22H25ClF3N3O4/c1-13-2-8-16(9-3-13)28-11-17(30)29(10-14-4-6-15(23)7-5-14)21(19(28)31)12-27-18(21)33-20(32)22(24,25)26/h4-7,13,16,18,27H,2-3,8-12H2,1H3. The summed E-state index contributed by atoms with van der Waals surface area (Å²) in [5, 5.41) is 3.09. The topological polar surface area (TPSA) is 79.0 Å². The lowest BCUT2D eigenvalue weighted by atomic mass is 9.80. The molecule has 0 bridgehead atoms. The quantitative estimate of drug-likeness (QED) is 0.661. The Morgan fingerprint density at radius 3 is 2.36 bits per heavy atom. The molecule has 33 heavy (non-hydrogen) atoms. The molecule has 11 heteroatoms. The number of benzene rings is 1. The molecule has 2 heterocycles. The minimum atomic E-state index is -5.22. The van der Waals surface area contributed by atoms with E-state index in [1.807, 2.05) is 0 Å². The molecule has 1 spiro atoms. The molecule has 3 fully saturated rings. The fourth-order valence-electron chi connectivity index (χ4n) is 4.86. The summed E-state index contributed by atoms with van der Waals surface area (Å²) in [5.41, 5.74) is -1.09. The molecule has 1 aromatic carbocycles. The Kier molecular flexibility index (Phi) is 6.34. The van der Waals surface area contributed by atoms with Gasteiger partial charge >= 0.3 is 12.1 Å². The largest absolute Gasteiger partial charge is 0.490 e. The molecular formula is C22H25ClF3N3O4. The zero-order valence-electron chi connectivity index (χ0n) is 18.0. The number of amides is 2. The minimum absolute atomic E-state index is 0.0287. The van der Waals surface area contributed by atoms with Crippen molar-refractivity contribution < 1.29 is 32.3 Å². The monoisotopic (exact) mass is 487 g/mol. The van der Waals surface area contributed by atoms with Gasteiger partial charge in [-0.1, -0.05) is 30.7 Å². The van der Waals surface area contributed by atoms with E-state index in [4.69, 9.17) is 11.6 Å². The first-order valence-corrected chi connectivity index (χ1v) is 11.3. The molecule has 1 aliphatic carbocycles. The Balaban J connectivity index is 1.65. The number of alkyl halides is 3. The zero-order valence-corrected chi connectivity index (χ0v) is 18.8. The van der Waals surface area contributed by atoms with E-state index < -0.39 is 35.7 Å². The van der Waals surface area contributed by atoms with Crippen LogP contribution in [0.2, 0.25) is 5.02 Å². The van der Waals surface area contributed by atoms with Crippen LogP contribution in [0, 0.1) is 5.92 Å². The summed E-state index contributed by atoms with van der Waals surface area (Å²) in [4.78, 5) is 41.3. The number of nitrogens with zero attached hydrogens (tertiary/aromatic N) is 2. The molecule has 1 N–H and O–H groups in total. The molecule has 7 nitrogen and oxygen atoms in total. The summed E-state index contributed by atoms with van der Waals surface area (Å²) < 4.78 is 43.3. The van der Waals surface area contributed by atoms with Crippen molar-refractivity contribution in [2.75, 3.05) is 13.1 Å². The molecule has 180 valence electrons. The molecule has 0 radical (unpaired) electrons. The van der Waals surface area contributed by atoms with E-state index in [1.54, 1.807) is 24.3 Å².